The lowest BCUT2D eigenvalue weighted by Gasteiger charge is -2.10. The van der Waals surface area contributed by atoms with Gasteiger partial charge in [0, 0.05) is 5.56 Å². The van der Waals surface area contributed by atoms with Gasteiger partial charge in [-0.2, -0.15) is 13.2 Å². The summed E-state index contributed by atoms with van der Waals surface area (Å²) in [6.07, 6.45) is -4.58. The van der Waals surface area contributed by atoms with Crippen LogP contribution in [0.25, 0.3) is 11.3 Å². The Labute approximate surface area is 116 Å². The Hall–Kier alpha value is -1.46. The lowest BCUT2D eigenvalue weighted by atomic mass is 10.1. The number of halogens is 5. The largest absolute Gasteiger partial charge is 0.506 e. The fraction of sp³-hybridized carbons (Fsp3) is 0.0833. The maximum absolute atomic E-state index is 12.6. The van der Waals surface area contributed by atoms with E-state index in [2.05, 4.69) is 4.98 Å². The standard InChI is InChI=1S/C12H6Cl2F3NO/c13-7-2-1-6(5-8(7)14)11-9(19)3-4-10(18-11)12(15,16)17/h1-5,19H. The van der Waals surface area contributed by atoms with Crippen molar-refractivity contribution in [1.82, 2.24) is 4.98 Å². The minimum atomic E-state index is -4.58. The fourth-order valence-electron chi connectivity index (χ4n) is 1.47. The van der Waals surface area contributed by atoms with Crippen LogP contribution in [0, 0.1) is 0 Å². The summed E-state index contributed by atoms with van der Waals surface area (Å²) in [6.45, 7) is 0. The molecule has 0 saturated carbocycles. The van der Waals surface area contributed by atoms with Gasteiger partial charge < -0.3 is 5.11 Å². The van der Waals surface area contributed by atoms with Crippen LogP contribution < -0.4 is 0 Å². The summed E-state index contributed by atoms with van der Waals surface area (Å²) in [6, 6.07) is 5.83. The third kappa shape index (κ3) is 2.93. The Balaban J connectivity index is 2.58. The Kier molecular flexibility index (Phi) is 3.60. The molecule has 7 heteroatoms. The SMILES string of the molecule is Oc1ccc(C(F)(F)F)nc1-c1ccc(Cl)c(Cl)c1. The number of benzene rings is 1. The smallest absolute Gasteiger partial charge is 0.433 e. The normalized spacial score (nSPS) is 11.6. The van der Waals surface area contributed by atoms with Crippen molar-refractivity contribution >= 4 is 23.2 Å². The highest BCUT2D eigenvalue weighted by atomic mass is 35.5. The van der Waals surface area contributed by atoms with Crippen LogP contribution in [-0.4, -0.2) is 10.1 Å². The predicted molar refractivity (Wildman–Crippen MR) is 66.4 cm³/mol. The third-order valence-corrected chi connectivity index (χ3v) is 3.10. The lowest BCUT2D eigenvalue weighted by molar-refractivity contribution is -0.141. The summed E-state index contributed by atoms with van der Waals surface area (Å²) in [5.74, 6) is -0.369. The van der Waals surface area contributed by atoms with Crippen molar-refractivity contribution < 1.29 is 18.3 Å². The number of alkyl halides is 3. The number of aromatic nitrogens is 1. The van der Waals surface area contributed by atoms with Crippen LogP contribution in [0.4, 0.5) is 13.2 Å². The number of aromatic hydroxyl groups is 1. The molecular formula is C12H6Cl2F3NO. The summed E-state index contributed by atoms with van der Waals surface area (Å²) in [7, 11) is 0. The van der Waals surface area contributed by atoms with Gasteiger partial charge in [0.15, 0.2) is 0 Å². The van der Waals surface area contributed by atoms with E-state index in [0.717, 1.165) is 6.07 Å². The first-order valence-electron chi connectivity index (χ1n) is 5.01. The molecule has 0 aliphatic rings. The second-order valence-corrected chi connectivity index (χ2v) is 4.51. The van der Waals surface area contributed by atoms with Gasteiger partial charge in [0.25, 0.3) is 0 Å². The molecule has 1 N–H and O–H groups in total. The minimum Gasteiger partial charge on any atom is -0.506 e. The molecule has 0 aliphatic carbocycles. The maximum Gasteiger partial charge on any atom is 0.433 e. The lowest BCUT2D eigenvalue weighted by Crippen LogP contribution is -2.08. The van der Waals surface area contributed by atoms with Crippen LogP contribution in [0.2, 0.25) is 10.0 Å². The summed E-state index contributed by atoms with van der Waals surface area (Å²) in [5, 5.41) is 10.0. The molecule has 0 spiro atoms. The van der Waals surface area contributed by atoms with E-state index in [1.165, 1.54) is 18.2 Å². The molecule has 0 atom stereocenters. The molecule has 0 bridgehead atoms. The molecule has 2 nitrogen and oxygen atoms in total. The van der Waals surface area contributed by atoms with E-state index in [0.29, 0.717) is 6.07 Å². The van der Waals surface area contributed by atoms with Crippen molar-refractivity contribution in [2.45, 2.75) is 6.18 Å². The minimum absolute atomic E-state index is 0.165. The maximum atomic E-state index is 12.6. The molecular weight excluding hydrogens is 302 g/mol. The average Bonchev–Trinajstić information content (AvgIpc) is 2.32. The van der Waals surface area contributed by atoms with Crippen LogP contribution in [0.3, 0.4) is 0 Å². The van der Waals surface area contributed by atoms with Gasteiger partial charge >= 0.3 is 6.18 Å². The van der Waals surface area contributed by atoms with Gasteiger partial charge in [-0.05, 0) is 24.3 Å². The number of hydrogen-bond acceptors (Lipinski definition) is 2. The quantitative estimate of drug-likeness (QED) is 0.822. The van der Waals surface area contributed by atoms with Crippen molar-refractivity contribution in [2.75, 3.05) is 0 Å². The molecule has 0 saturated heterocycles. The summed E-state index contributed by atoms with van der Waals surface area (Å²) in [5.41, 5.74) is -1.04. The highest BCUT2D eigenvalue weighted by Crippen LogP contribution is 2.35. The fourth-order valence-corrected chi connectivity index (χ4v) is 1.76. The van der Waals surface area contributed by atoms with Gasteiger partial charge in [-0.3, -0.25) is 0 Å². The van der Waals surface area contributed by atoms with Crippen molar-refractivity contribution in [3.63, 3.8) is 0 Å². The molecule has 2 aromatic rings. The monoisotopic (exact) mass is 307 g/mol. The van der Waals surface area contributed by atoms with E-state index in [-0.39, 0.29) is 27.1 Å². The molecule has 0 fully saturated rings. The van der Waals surface area contributed by atoms with Crippen molar-refractivity contribution in [3.05, 3.63) is 46.1 Å². The number of pyridine rings is 1. The first kappa shape index (κ1) is 14.0. The predicted octanol–water partition coefficient (Wildman–Crippen LogP) is 4.78. The van der Waals surface area contributed by atoms with E-state index in [9.17, 15) is 18.3 Å². The van der Waals surface area contributed by atoms with E-state index < -0.39 is 11.9 Å². The van der Waals surface area contributed by atoms with E-state index in [1.807, 2.05) is 0 Å². The van der Waals surface area contributed by atoms with Crippen LogP contribution in [-0.2, 0) is 6.18 Å². The van der Waals surface area contributed by atoms with Gasteiger partial charge in [0.05, 0.1) is 10.0 Å². The topological polar surface area (TPSA) is 33.1 Å². The van der Waals surface area contributed by atoms with E-state index in [1.54, 1.807) is 0 Å². The Morgan fingerprint density at radius 1 is 1.00 bits per heavy atom. The number of hydrogen-bond donors (Lipinski definition) is 1. The van der Waals surface area contributed by atoms with Crippen molar-refractivity contribution in [3.8, 4) is 17.0 Å². The van der Waals surface area contributed by atoms with Crippen molar-refractivity contribution in [2.24, 2.45) is 0 Å². The number of rotatable bonds is 1. The van der Waals surface area contributed by atoms with Crippen LogP contribution in [0.15, 0.2) is 30.3 Å². The van der Waals surface area contributed by atoms with E-state index >= 15 is 0 Å². The van der Waals surface area contributed by atoms with Crippen LogP contribution in [0.1, 0.15) is 5.69 Å². The summed E-state index contributed by atoms with van der Waals surface area (Å²) < 4.78 is 37.7. The molecule has 1 heterocycles. The second kappa shape index (κ2) is 4.90. The van der Waals surface area contributed by atoms with Crippen LogP contribution in [0.5, 0.6) is 5.75 Å². The zero-order chi connectivity index (χ0) is 14.2. The molecule has 0 radical (unpaired) electrons. The van der Waals surface area contributed by atoms with Crippen LogP contribution >= 0.6 is 23.2 Å². The van der Waals surface area contributed by atoms with Gasteiger partial charge in [0.1, 0.15) is 17.1 Å². The molecule has 0 amide bonds. The van der Waals surface area contributed by atoms with E-state index in [4.69, 9.17) is 23.2 Å². The Morgan fingerprint density at radius 2 is 1.68 bits per heavy atom. The summed E-state index contributed by atoms with van der Waals surface area (Å²) >= 11 is 11.5. The van der Waals surface area contributed by atoms with Crippen molar-refractivity contribution in [1.29, 1.82) is 0 Å². The van der Waals surface area contributed by atoms with Gasteiger partial charge in [-0.15, -0.1) is 0 Å². The molecule has 0 unspecified atom stereocenters. The first-order valence-corrected chi connectivity index (χ1v) is 5.77. The molecule has 19 heavy (non-hydrogen) atoms. The molecule has 1 aromatic heterocycles. The third-order valence-electron chi connectivity index (χ3n) is 2.36. The number of nitrogens with zero attached hydrogens (tertiary/aromatic N) is 1. The van der Waals surface area contributed by atoms with Gasteiger partial charge in [-0.1, -0.05) is 29.3 Å². The highest BCUT2D eigenvalue weighted by Gasteiger charge is 2.33. The zero-order valence-electron chi connectivity index (χ0n) is 9.17. The molecule has 2 rings (SSSR count). The molecule has 100 valence electrons. The highest BCUT2D eigenvalue weighted by molar-refractivity contribution is 6.42. The zero-order valence-corrected chi connectivity index (χ0v) is 10.7. The Morgan fingerprint density at radius 3 is 2.26 bits per heavy atom. The second-order valence-electron chi connectivity index (χ2n) is 3.69. The summed E-state index contributed by atoms with van der Waals surface area (Å²) in [4.78, 5) is 3.41. The molecule has 0 aliphatic heterocycles. The average molecular weight is 308 g/mol. The van der Waals surface area contributed by atoms with Gasteiger partial charge in [0.2, 0.25) is 0 Å². The van der Waals surface area contributed by atoms with Gasteiger partial charge in [-0.25, -0.2) is 4.98 Å². The first-order chi connectivity index (χ1) is 8.79. The molecule has 1 aromatic carbocycles. The Bertz CT molecular complexity index is 629.